The zero-order valence-corrected chi connectivity index (χ0v) is 14.8. The van der Waals surface area contributed by atoms with Gasteiger partial charge in [0.05, 0.1) is 5.02 Å². The second kappa shape index (κ2) is 9.22. The molecule has 10 heteroatoms. The van der Waals surface area contributed by atoms with Crippen LogP contribution in [0.25, 0.3) is 0 Å². The highest BCUT2D eigenvalue weighted by Gasteiger charge is 2.35. The van der Waals surface area contributed by atoms with Gasteiger partial charge in [-0.05, 0) is 17.2 Å². The molecule has 1 aromatic carbocycles. The zero-order valence-electron chi connectivity index (χ0n) is 14.1. The van der Waals surface area contributed by atoms with Crippen LogP contribution in [0.5, 0.6) is 5.88 Å². The first-order valence-electron chi connectivity index (χ1n) is 7.60. The van der Waals surface area contributed by atoms with Crippen molar-refractivity contribution < 1.29 is 27.5 Å². The van der Waals surface area contributed by atoms with E-state index in [0.717, 1.165) is 18.5 Å². The Labute approximate surface area is 157 Å². The number of carbonyl (C=O) groups excluding carboxylic acids is 1. The minimum Gasteiger partial charge on any atom is -0.472 e. The minimum absolute atomic E-state index is 0.00714. The molecule has 2 aromatic rings. The molecule has 0 aliphatic rings. The summed E-state index contributed by atoms with van der Waals surface area (Å²) < 4.78 is 44.5. The Kier molecular flexibility index (Phi) is 7.00. The van der Waals surface area contributed by atoms with E-state index in [1.807, 2.05) is 0 Å². The van der Waals surface area contributed by atoms with E-state index in [-0.39, 0.29) is 18.2 Å². The second-order valence-electron chi connectivity index (χ2n) is 5.18. The summed E-state index contributed by atoms with van der Waals surface area (Å²) in [5, 5.41) is 5.70. The molecule has 0 radical (unpaired) electrons. The highest BCUT2D eigenvalue weighted by molar-refractivity contribution is 6.30. The molecule has 27 heavy (non-hydrogen) atoms. The quantitative estimate of drug-likeness (QED) is 0.568. The third-order valence-electron chi connectivity index (χ3n) is 3.32. The largest absolute Gasteiger partial charge is 0.472 e. The lowest BCUT2D eigenvalue weighted by molar-refractivity contribution is -0.139. The van der Waals surface area contributed by atoms with E-state index in [9.17, 15) is 18.0 Å². The van der Waals surface area contributed by atoms with Crippen LogP contribution in [-0.2, 0) is 29.0 Å². The number of alkyl halides is 3. The van der Waals surface area contributed by atoms with Crippen molar-refractivity contribution in [3.63, 3.8) is 0 Å². The first-order chi connectivity index (χ1) is 12.8. The standard InChI is InChI=1S/C17H15ClF3N3O3/c1-22-15(25)8-24-27-10-12-5-3-2-4-11(12)9-26-16-14(17(19,20)21)6-13(18)7-23-16/h2-8H,9-10H2,1H3,(H,22,25)/b24-8+. The van der Waals surface area contributed by atoms with Gasteiger partial charge in [-0.3, -0.25) is 4.79 Å². The van der Waals surface area contributed by atoms with Crippen LogP contribution in [0.1, 0.15) is 16.7 Å². The Morgan fingerprint density at radius 3 is 2.59 bits per heavy atom. The number of rotatable bonds is 7. The van der Waals surface area contributed by atoms with Crippen LogP contribution in [0.3, 0.4) is 0 Å². The van der Waals surface area contributed by atoms with Gasteiger partial charge in [0.15, 0.2) is 0 Å². The van der Waals surface area contributed by atoms with Crippen molar-refractivity contribution in [2.45, 2.75) is 19.4 Å². The molecule has 1 amide bonds. The minimum atomic E-state index is -4.65. The van der Waals surface area contributed by atoms with Gasteiger partial charge in [-0.15, -0.1) is 0 Å². The molecule has 1 aromatic heterocycles. The molecule has 0 unspecified atom stereocenters. The maximum Gasteiger partial charge on any atom is 0.421 e. The number of aromatic nitrogens is 1. The maximum absolute atomic E-state index is 13.1. The molecular weight excluding hydrogens is 387 g/mol. The normalized spacial score (nSPS) is 11.4. The molecule has 6 nitrogen and oxygen atoms in total. The molecule has 0 aliphatic carbocycles. The molecule has 0 saturated carbocycles. The predicted molar refractivity (Wildman–Crippen MR) is 92.4 cm³/mol. The molecule has 144 valence electrons. The summed E-state index contributed by atoms with van der Waals surface area (Å²) >= 11 is 5.59. The van der Waals surface area contributed by atoms with Gasteiger partial charge in [0, 0.05) is 13.2 Å². The first kappa shape index (κ1) is 20.5. The number of oxime groups is 1. The van der Waals surface area contributed by atoms with E-state index in [1.165, 1.54) is 7.05 Å². The van der Waals surface area contributed by atoms with E-state index < -0.39 is 23.5 Å². The van der Waals surface area contributed by atoms with Gasteiger partial charge in [0.1, 0.15) is 25.0 Å². The number of halogens is 4. The zero-order chi connectivity index (χ0) is 19.9. The van der Waals surface area contributed by atoms with Crippen molar-refractivity contribution in [1.82, 2.24) is 10.3 Å². The van der Waals surface area contributed by atoms with Crippen molar-refractivity contribution in [2.24, 2.45) is 5.16 Å². The average Bonchev–Trinajstić information content (AvgIpc) is 2.64. The fourth-order valence-electron chi connectivity index (χ4n) is 1.99. The van der Waals surface area contributed by atoms with Crippen LogP contribution >= 0.6 is 11.6 Å². The first-order valence-corrected chi connectivity index (χ1v) is 7.98. The number of carbonyl (C=O) groups is 1. The number of nitrogens with one attached hydrogen (secondary N) is 1. The van der Waals surface area contributed by atoms with Gasteiger partial charge < -0.3 is 14.9 Å². The van der Waals surface area contributed by atoms with Crippen LogP contribution in [0.15, 0.2) is 41.7 Å². The molecule has 0 fully saturated rings. The lowest BCUT2D eigenvalue weighted by Gasteiger charge is -2.14. The summed E-state index contributed by atoms with van der Waals surface area (Å²) in [5.41, 5.74) is 0.158. The summed E-state index contributed by atoms with van der Waals surface area (Å²) in [6, 6.07) is 7.56. The molecule has 1 N–H and O–H groups in total. The highest BCUT2D eigenvalue weighted by atomic mass is 35.5. The van der Waals surface area contributed by atoms with Gasteiger partial charge in [0.25, 0.3) is 5.91 Å². The summed E-state index contributed by atoms with van der Waals surface area (Å²) in [7, 11) is 1.45. The Morgan fingerprint density at radius 2 is 1.96 bits per heavy atom. The molecule has 0 aliphatic heterocycles. The summed E-state index contributed by atoms with van der Waals surface area (Å²) in [6.07, 6.45) is -2.61. The number of hydrogen-bond acceptors (Lipinski definition) is 5. The lowest BCUT2D eigenvalue weighted by atomic mass is 10.1. The van der Waals surface area contributed by atoms with Crippen LogP contribution in [0.2, 0.25) is 5.02 Å². The fraction of sp³-hybridized carbons (Fsp3) is 0.235. The average molecular weight is 402 g/mol. The van der Waals surface area contributed by atoms with Gasteiger partial charge in [-0.2, -0.15) is 13.2 Å². The molecule has 0 bridgehead atoms. The number of pyridine rings is 1. The van der Waals surface area contributed by atoms with Crippen molar-refractivity contribution in [2.75, 3.05) is 7.05 Å². The monoisotopic (exact) mass is 401 g/mol. The summed E-state index contributed by atoms with van der Waals surface area (Å²) in [4.78, 5) is 19.7. The van der Waals surface area contributed by atoms with Crippen LogP contribution in [0.4, 0.5) is 13.2 Å². The van der Waals surface area contributed by atoms with Gasteiger partial charge in [0.2, 0.25) is 5.88 Å². The topological polar surface area (TPSA) is 72.8 Å². The van der Waals surface area contributed by atoms with Crippen LogP contribution < -0.4 is 10.1 Å². The van der Waals surface area contributed by atoms with E-state index in [4.69, 9.17) is 21.2 Å². The molecular formula is C17H15ClF3N3O3. The fourth-order valence-corrected chi connectivity index (χ4v) is 2.14. The number of amides is 1. The Bertz CT molecular complexity index is 829. The van der Waals surface area contributed by atoms with Gasteiger partial charge >= 0.3 is 6.18 Å². The number of nitrogens with zero attached hydrogens (tertiary/aromatic N) is 2. The van der Waals surface area contributed by atoms with Crippen molar-refractivity contribution in [1.29, 1.82) is 0 Å². The van der Waals surface area contributed by atoms with E-state index in [0.29, 0.717) is 11.1 Å². The molecule has 0 spiro atoms. The number of benzene rings is 1. The number of ether oxygens (including phenoxy) is 1. The van der Waals surface area contributed by atoms with Crippen molar-refractivity contribution in [3.8, 4) is 5.88 Å². The Morgan fingerprint density at radius 1 is 1.30 bits per heavy atom. The number of hydrogen-bond donors (Lipinski definition) is 1. The molecule has 1 heterocycles. The Balaban J connectivity index is 2.09. The summed E-state index contributed by atoms with van der Waals surface area (Å²) in [6.45, 7) is -0.163. The smallest absolute Gasteiger partial charge is 0.421 e. The van der Waals surface area contributed by atoms with Gasteiger partial charge in [-0.25, -0.2) is 4.98 Å². The highest BCUT2D eigenvalue weighted by Crippen LogP contribution is 2.36. The second-order valence-corrected chi connectivity index (χ2v) is 5.62. The molecule has 2 rings (SSSR count). The predicted octanol–water partition coefficient (Wildman–Crippen LogP) is 3.58. The SMILES string of the molecule is CNC(=O)/C=N/OCc1ccccc1COc1ncc(Cl)cc1C(F)(F)F. The van der Waals surface area contributed by atoms with Crippen LogP contribution in [0, 0.1) is 0 Å². The lowest BCUT2D eigenvalue weighted by Crippen LogP contribution is -2.18. The third-order valence-corrected chi connectivity index (χ3v) is 3.52. The Hall–Kier alpha value is -2.81. The van der Waals surface area contributed by atoms with E-state index >= 15 is 0 Å². The maximum atomic E-state index is 13.1. The van der Waals surface area contributed by atoms with Crippen molar-refractivity contribution in [3.05, 3.63) is 58.2 Å². The van der Waals surface area contributed by atoms with Gasteiger partial charge in [-0.1, -0.05) is 41.0 Å². The van der Waals surface area contributed by atoms with E-state index in [1.54, 1.807) is 24.3 Å². The van der Waals surface area contributed by atoms with Crippen LogP contribution in [-0.4, -0.2) is 24.2 Å². The third kappa shape index (κ3) is 6.14. The molecule has 0 atom stereocenters. The van der Waals surface area contributed by atoms with E-state index in [2.05, 4.69) is 15.5 Å². The summed E-state index contributed by atoms with van der Waals surface area (Å²) in [5.74, 6) is -1.000. The van der Waals surface area contributed by atoms with Crippen molar-refractivity contribution >= 4 is 23.7 Å². The molecule has 0 saturated heterocycles.